The van der Waals surface area contributed by atoms with Crippen molar-refractivity contribution in [3.63, 3.8) is 0 Å². The van der Waals surface area contributed by atoms with Crippen molar-refractivity contribution < 1.29 is 8.42 Å². The molecule has 118 valence electrons. The van der Waals surface area contributed by atoms with Gasteiger partial charge in [0.1, 0.15) is 0 Å². The molecule has 0 radical (unpaired) electrons. The number of nitrogens with zero attached hydrogens (tertiary/aromatic N) is 1. The number of hydrogen-bond acceptors (Lipinski definition) is 3. The average Bonchev–Trinajstić information content (AvgIpc) is 2.90. The predicted octanol–water partition coefficient (Wildman–Crippen LogP) is 2.90. The zero-order chi connectivity index (χ0) is 15.3. The van der Waals surface area contributed by atoms with E-state index in [0.717, 1.165) is 25.2 Å². The number of halogens is 1. The Morgan fingerprint density at radius 2 is 2.05 bits per heavy atom. The van der Waals surface area contributed by atoms with Crippen LogP contribution >= 0.6 is 11.6 Å². The largest absolute Gasteiger partial charge is 0.299 e. The Morgan fingerprint density at radius 1 is 1.33 bits per heavy atom. The third-order valence-electron chi connectivity index (χ3n) is 3.57. The van der Waals surface area contributed by atoms with Gasteiger partial charge in [-0.05, 0) is 49.5 Å². The molecule has 0 amide bonds. The summed E-state index contributed by atoms with van der Waals surface area (Å²) >= 11 is 5.68. The van der Waals surface area contributed by atoms with Gasteiger partial charge >= 0.3 is 0 Å². The quantitative estimate of drug-likeness (QED) is 0.782. The van der Waals surface area contributed by atoms with Gasteiger partial charge in [-0.1, -0.05) is 19.1 Å². The summed E-state index contributed by atoms with van der Waals surface area (Å²) in [5.74, 6) is 0.333. The van der Waals surface area contributed by atoms with E-state index in [4.69, 9.17) is 11.6 Å². The Bertz CT molecular complexity index is 557. The molecule has 1 saturated heterocycles. The molecule has 0 spiro atoms. The van der Waals surface area contributed by atoms with Crippen molar-refractivity contribution in [2.75, 3.05) is 29.4 Å². The van der Waals surface area contributed by atoms with Gasteiger partial charge in [0.15, 0.2) is 0 Å². The Hall–Kier alpha value is -0.780. The predicted molar refractivity (Wildman–Crippen MR) is 88.2 cm³/mol. The van der Waals surface area contributed by atoms with Crippen molar-refractivity contribution in [2.45, 2.75) is 26.3 Å². The normalized spacial score (nSPS) is 17.8. The van der Waals surface area contributed by atoms with Crippen LogP contribution in [0.15, 0.2) is 24.3 Å². The molecule has 4 nitrogen and oxygen atoms in total. The van der Waals surface area contributed by atoms with Gasteiger partial charge < -0.3 is 0 Å². The van der Waals surface area contributed by atoms with Crippen LogP contribution in [-0.2, 0) is 16.6 Å². The van der Waals surface area contributed by atoms with Crippen LogP contribution in [0.1, 0.15) is 25.3 Å². The summed E-state index contributed by atoms with van der Waals surface area (Å²) in [6, 6.07) is 7.64. The fourth-order valence-electron chi connectivity index (χ4n) is 2.57. The number of likely N-dealkylation sites (tertiary alicyclic amines) is 1. The maximum absolute atomic E-state index is 12.0. The molecular formula is C15H23ClN2O2S. The maximum Gasteiger partial charge on any atom is 0.233 e. The second-order valence-electron chi connectivity index (χ2n) is 5.83. The topological polar surface area (TPSA) is 49.4 Å². The van der Waals surface area contributed by atoms with Crippen LogP contribution in [-0.4, -0.2) is 38.0 Å². The summed E-state index contributed by atoms with van der Waals surface area (Å²) in [5.41, 5.74) is 1.77. The molecule has 2 rings (SSSR count). The van der Waals surface area contributed by atoms with E-state index in [1.165, 1.54) is 12.8 Å². The van der Waals surface area contributed by atoms with E-state index in [1.54, 1.807) is 6.07 Å². The lowest BCUT2D eigenvalue weighted by Crippen LogP contribution is -2.22. The summed E-state index contributed by atoms with van der Waals surface area (Å²) in [7, 11) is -3.34. The average molecular weight is 331 g/mol. The SMILES string of the molecule is CC(CCl)CS(=O)(=O)Nc1cccc(CN2CCCC2)c1. The van der Waals surface area contributed by atoms with Gasteiger partial charge in [-0.25, -0.2) is 8.42 Å². The molecule has 1 fully saturated rings. The number of anilines is 1. The van der Waals surface area contributed by atoms with E-state index >= 15 is 0 Å². The second kappa shape index (κ2) is 7.47. The zero-order valence-electron chi connectivity index (χ0n) is 12.4. The van der Waals surface area contributed by atoms with Crippen LogP contribution in [0.3, 0.4) is 0 Å². The number of hydrogen-bond donors (Lipinski definition) is 1. The standard InChI is InChI=1S/C15H23ClN2O2S/c1-13(10-16)12-21(19,20)17-15-6-4-5-14(9-15)11-18-7-2-3-8-18/h4-6,9,13,17H,2-3,7-8,10-12H2,1H3. The highest BCUT2D eigenvalue weighted by Crippen LogP contribution is 2.17. The van der Waals surface area contributed by atoms with Gasteiger partial charge in [-0.3, -0.25) is 9.62 Å². The summed E-state index contributed by atoms with van der Waals surface area (Å²) in [6.45, 7) is 4.97. The van der Waals surface area contributed by atoms with Gasteiger partial charge in [0.25, 0.3) is 0 Å². The van der Waals surface area contributed by atoms with Crippen LogP contribution in [0.25, 0.3) is 0 Å². The van der Waals surface area contributed by atoms with E-state index in [0.29, 0.717) is 11.6 Å². The fraction of sp³-hybridized carbons (Fsp3) is 0.600. The molecule has 0 bridgehead atoms. The van der Waals surface area contributed by atoms with E-state index in [1.807, 2.05) is 25.1 Å². The van der Waals surface area contributed by atoms with Gasteiger partial charge in [-0.15, -0.1) is 11.6 Å². The lowest BCUT2D eigenvalue weighted by Gasteiger charge is -2.16. The molecule has 0 aromatic heterocycles. The lowest BCUT2D eigenvalue weighted by molar-refractivity contribution is 0.331. The van der Waals surface area contributed by atoms with E-state index < -0.39 is 10.0 Å². The first-order valence-electron chi connectivity index (χ1n) is 7.36. The third kappa shape index (κ3) is 5.49. The van der Waals surface area contributed by atoms with Crippen LogP contribution in [0.5, 0.6) is 0 Å². The Labute approximate surface area is 132 Å². The zero-order valence-corrected chi connectivity index (χ0v) is 14.0. The van der Waals surface area contributed by atoms with E-state index in [9.17, 15) is 8.42 Å². The molecule has 1 aromatic rings. The lowest BCUT2D eigenvalue weighted by atomic mass is 10.2. The van der Waals surface area contributed by atoms with E-state index in [-0.39, 0.29) is 11.7 Å². The highest BCUT2D eigenvalue weighted by atomic mass is 35.5. The molecule has 1 atom stereocenters. The minimum Gasteiger partial charge on any atom is -0.299 e. The van der Waals surface area contributed by atoms with Crippen molar-refractivity contribution in [1.29, 1.82) is 0 Å². The molecule has 1 aliphatic rings. The van der Waals surface area contributed by atoms with E-state index in [2.05, 4.69) is 9.62 Å². The van der Waals surface area contributed by atoms with Crippen molar-refractivity contribution in [1.82, 2.24) is 4.90 Å². The molecule has 21 heavy (non-hydrogen) atoms. The molecule has 1 unspecified atom stereocenters. The van der Waals surface area contributed by atoms with Crippen LogP contribution in [0.4, 0.5) is 5.69 Å². The van der Waals surface area contributed by atoms with Crippen molar-refractivity contribution in [3.05, 3.63) is 29.8 Å². The van der Waals surface area contributed by atoms with Crippen LogP contribution < -0.4 is 4.72 Å². The summed E-state index contributed by atoms with van der Waals surface area (Å²) in [4.78, 5) is 2.39. The maximum atomic E-state index is 12.0. The minimum absolute atomic E-state index is 0.0485. The molecule has 6 heteroatoms. The molecular weight excluding hydrogens is 308 g/mol. The fourth-order valence-corrected chi connectivity index (χ4v) is 4.25. The van der Waals surface area contributed by atoms with Gasteiger partial charge in [0.05, 0.1) is 5.75 Å². The molecule has 1 heterocycles. The Morgan fingerprint density at radius 3 is 2.71 bits per heavy atom. The highest BCUT2D eigenvalue weighted by molar-refractivity contribution is 7.92. The molecule has 1 aromatic carbocycles. The Kier molecular flexibility index (Phi) is 5.90. The minimum atomic E-state index is -3.34. The van der Waals surface area contributed by atoms with Crippen LogP contribution in [0, 0.1) is 5.92 Å². The van der Waals surface area contributed by atoms with Gasteiger partial charge in [-0.2, -0.15) is 0 Å². The molecule has 1 aliphatic heterocycles. The Balaban J connectivity index is 2.00. The molecule has 1 N–H and O–H groups in total. The summed E-state index contributed by atoms with van der Waals surface area (Å²) in [6.07, 6.45) is 2.51. The van der Waals surface area contributed by atoms with Crippen LogP contribution in [0.2, 0.25) is 0 Å². The van der Waals surface area contributed by atoms with Crippen molar-refractivity contribution in [3.8, 4) is 0 Å². The number of rotatable bonds is 7. The first kappa shape index (κ1) is 16.6. The highest BCUT2D eigenvalue weighted by Gasteiger charge is 2.16. The summed E-state index contributed by atoms with van der Waals surface area (Å²) in [5, 5.41) is 0. The first-order valence-corrected chi connectivity index (χ1v) is 9.55. The number of sulfonamides is 1. The number of benzene rings is 1. The first-order chi connectivity index (χ1) is 9.98. The molecule has 0 aliphatic carbocycles. The molecule has 0 saturated carbocycles. The van der Waals surface area contributed by atoms with Crippen molar-refractivity contribution in [2.24, 2.45) is 5.92 Å². The number of alkyl halides is 1. The second-order valence-corrected chi connectivity index (χ2v) is 7.90. The smallest absolute Gasteiger partial charge is 0.233 e. The monoisotopic (exact) mass is 330 g/mol. The van der Waals surface area contributed by atoms with Gasteiger partial charge in [0.2, 0.25) is 10.0 Å². The summed E-state index contributed by atoms with van der Waals surface area (Å²) < 4.78 is 26.7. The van der Waals surface area contributed by atoms with Gasteiger partial charge in [0, 0.05) is 18.1 Å². The van der Waals surface area contributed by atoms with Crippen molar-refractivity contribution >= 4 is 27.3 Å². The third-order valence-corrected chi connectivity index (χ3v) is 5.65. The number of nitrogens with one attached hydrogen (secondary N) is 1.